The maximum absolute atomic E-state index is 12.9. The summed E-state index contributed by atoms with van der Waals surface area (Å²) in [6.07, 6.45) is 2.55. The largest absolute Gasteiger partial charge is 0.334 e. The van der Waals surface area contributed by atoms with E-state index in [0.29, 0.717) is 5.69 Å². The summed E-state index contributed by atoms with van der Waals surface area (Å²) < 4.78 is 12.9. The summed E-state index contributed by atoms with van der Waals surface area (Å²) in [7, 11) is 0. The first-order valence-electron chi connectivity index (χ1n) is 6.43. The maximum atomic E-state index is 12.9. The monoisotopic (exact) mass is 262 g/mol. The van der Waals surface area contributed by atoms with Crippen LogP contribution in [0.3, 0.4) is 0 Å². The first kappa shape index (κ1) is 12.1. The zero-order valence-corrected chi connectivity index (χ0v) is 10.6. The molecule has 100 valence electrons. The van der Waals surface area contributed by atoms with Gasteiger partial charge in [-0.25, -0.2) is 14.1 Å². The number of benzene rings is 1. The predicted octanol–water partition coefficient (Wildman–Crippen LogP) is 2.44. The van der Waals surface area contributed by atoms with Gasteiger partial charge in [0, 0.05) is 6.04 Å². The molecular formula is C14H15FN2O2. The average Bonchev–Trinajstić information content (AvgIpc) is 2.75. The Bertz CT molecular complexity index is 543. The summed E-state index contributed by atoms with van der Waals surface area (Å²) in [6, 6.07) is 4.90. The molecule has 19 heavy (non-hydrogen) atoms. The molecule has 1 heterocycles. The van der Waals surface area contributed by atoms with Crippen LogP contribution < -0.4 is 10.2 Å². The minimum Gasteiger partial charge on any atom is -0.334 e. The van der Waals surface area contributed by atoms with Gasteiger partial charge in [-0.15, -0.1) is 0 Å². The molecule has 3 rings (SSSR count). The van der Waals surface area contributed by atoms with E-state index in [1.807, 2.05) is 6.92 Å². The molecule has 5 heteroatoms. The molecule has 0 spiro atoms. The topological polar surface area (TPSA) is 49.4 Å². The van der Waals surface area contributed by atoms with Crippen LogP contribution in [0.4, 0.5) is 14.9 Å². The van der Waals surface area contributed by atoms with E-state index in [9.17, 15) is 14.0 Å². The zero-order chi connectivity index (χ0) is 13.6. The van der Waals surface area contributed by atoms with Gasteiger partial charge in [0.1, 0.15) is 5.82 Å². The Balaban J connectivity index is 1.99. The summed E-state index contributed by atoms with van der Waals surface area (Å²) in [4.78, 5) is 25.8. The van der Waals surface area contributed by atoms with Crippen molar-refractivity contribution in [2.75, 3.05) is 4.90 Å². The van der Waals surface area contributed by atoms with Gasteiger partial charge in [0.2, 0.25) is 5.91 Å². The van der Waals surface area contributed by atoms with Crippen molar-refractivity contribution >= 4 is 17.6 Å². The first-order chi connectivity index (χ1) is 9.02. The summed E-state index contributed by atoms with van der Waals surface area (Å²) in [5, 5.41) is 2.88. The normalized spacial score (nSPS) is 30.2. The Morgan fingerprint density at radius 3 is 2.68 bits per heavy atom. The highest BCUT2D eigenvalue weighted by Crippen LogP contribution is 2.42. The van der Waals surface area contributed by atoms with Crippen molar-refractivity contribution in [1.29, 1.82) is 0 Å². The van der Waals surface area contributed by atoms with Gasteiger partial charge in [-0.1, -0.05) is 6.42 Å². The number of anilines is 1. The first-order valence-corrected chi connectivity index (χ1v) is 6.43. The summed E-state index contributed by atoms with van der Waals surface area (Å²) in [6.45, 7) is 1.89. The van der Waals surface area contributed by atoms with Gasteiger partial charge >= 0.3 is 6.03 Å². The lowest BCUT2D eigenvalue weighted by atomic mass is 9.81. The van der Waals surface area contributed by atoms with E-state index < -0.39 is 17.3 Å². The number of imide groups is 1. The van der Waals surface area contributed by atoms with Crippen molar-refractivity contribution in [3.05, 3.63) is 30.1 Å². The lowest BCUT2D eigenvalue weighted by Gasteiger charge is -2.40. The Kier molecular flexibility index (Phi) is 2.59. The second kappa shape index (κ2) is 4.05. The third-order valence-electron chi connectivity index (χ3n) is 4.24. The maximum Gasteiger partial charge on any atom is 0.329 e. The molecule has 2 fully saturated rings. The van der Waals surface area contributed by atoms with Gasteiger partial charge in [0.15, 0.2) is 0 Å². The summed E-state index contributed by atoms with van der Waals surface area (Å²) in [5.74, 6) is -0.580. The van der Waals surface area contributed by atoms with Crippen molar-refractivity contribution in [1.82, 2.24) is 5.32 Å². The van der Waals surface area contributed by atoms with Gasteiger partial charge in [-0.2, -0.15) is 0 Å². The number of halogens is 1. The fraction of sp³-hybridized carbons (Fsp3) is 0.429. The lowest BCUT2D eigenvalue weighted by Crippen LogP contribution is -2.63. The van der Waals surface area contributed by atoms with Crippen LogP contribution >= 0.6 is 0 Å². The Morgan fingerprint density at radius 2 is 2.00 bits per heavy atom. The Hall–Kier alpha value is -1.91. The number of nitrogens with one attached hydrogen (secondary N) is 1. The van der Waals surface area contributed by atoms with Crippen LogP contribution in [-0.4, -0.2) is 18.0 Å². The number of amides is 3. The molecule has 1 saturated carbocycles. The van der Waals surface area contributed by atoms with Gasteiger partial charge in [-0.05, 0) is 44.0 Å². The molecule has 3 amide bonds. The van der Waals surface area contributed by atoms with E-state index in [1.54, 1.807) is 0 Å². The van der Waals surface area contributed by atoms with Crippen LogP contribution in [0.1, 0.15) is 26.2 Å². The molecule has 4 nitrogen and oxygen atoms in total. The highest BCUT2D eigenvalue weighted by atomic mass is 19.1. The predicted molar refractivity (Wildman–Crippen MR) is 68.2 cm³/mol. The van der Waals surface area contributed by atoms with E-state index >= 15 is 0 Å². The average molecular weight is 262 g/mol. The van der Waals surface area contributed by atoms with Crippen LogP contribution in [0, 0.1) is 11.2 Å². The number of carbonyl (C=O) groups excluding carboxylic acids is 2. The van der Waals surface area contributed by atoms with Crippen LogP contribution in [-0.2, 0) is 4.79 Å². The number of fused-ring (bicyclic) bond motifs is 1. The number of nitrogens with zero attached hydrogens (tertiary/aromatic N) is 1. The van der Waals surface area contributed by atoms with E-state index in [0.717, 1.165) is 24.2 Å². The molecule has 1 aliphatic heterocycles. The minimum atomic E-state index is -0.539. The molecule has 0 bridgehead atoms. The Labute approximate surface area is 110 Å². The number of carbonyl (C=O) groups is 2. The lowest BCUT2D eigenvalue weighted by molar-refractivity contribution is -0.128. The van der Waals surface area contributed by atoms with Crippen LogP contribution in [0.2, 0.25) is 0 Å². The van der Waals surface area contributed by atoms with E-state index in [2.05, 4.69) is 5.32 Å². The van der Waals surface area contributed by atoms with Gasteiger partial charge in [0.25, 0.3) is 0 Å². The smallest absolute Gasteiger partial charge is 0.329 e. The second-order valence-electron chi connectivity index (χ2n) is 5.43. The molecule has 2 atom stereocenters. The van der Waals surface area contributed by atoms with Gasteiger partial charge in [-0.3, -0.25) is 4.79 Å². The fourth-order valence-corrected chi connectivity index (χ4v) is 3.04. The zero-order valence-electron chi connectivity index (χ0n) is 10.6. The number of hydrogen-bond donors (Lipinski definition) is 1. The molecule has 1 N–H and O–H groups in total. The number of hydrogen-bond acceptors (Lipinski definition) is 2. The quantitative estimate of drug-likeness (QED) is 0.845. The van der Waals surface area contributed by atoms with Gasteiger partial charge < -0.3 is 5.32 Å². The second-order valence-corrected chi connectivity index (χ2v) is 5.43. The third-order valence-corrected chi connectivity index (χ3v) is 4.24. The molecule has 2 unspecified atom stereocenters. The van der Waals surface area contributed by atoms with E-state index in [-0.39, 0.29) is 11.9 Å². The molecule has 1 saturated heterocycles. The molecule has 0 radical (unpaired) electrons. The van der Waals surface area contributed by atoms with Crippen LogP contribution in [0.25, 0.3) is 0 Å². The summed E-state index contributed by atoms with van der Waals surface area (Å²) in [5.41, 5.74) is -0.127. The van der Waals surface area contributed by atoms with E-state index in [1.165, 1.54) is 24.3 Å². The molecule has 2 aliphatic rings. The van der Waals surface area contributed by atoms with Crippen molar-refractivity contribution in [3.63, 3.8) is 0 Å². The van der Waals surface area contributed by atoms with Crippen molar-refractivity contribution in [2.45, 2.75) is 32.2 Å². The highest BCUT2D eigenvalue weighted by molar-refractivity contribution is 6.18. The fourth-order valence-electron chi connectivity index (χ4n) is 3.04. The van der Waals surface area contributed by atoms with Crippen LogP contribution in [0.15, 0.2) is 24.3 Å². The van der Waals surface area contributed by atoms with E-state index in [4.69, 9.17) is 0 Å². The number of rotatable bonds is 1. The molecular weight excluding hydrogens is 247 g/mol. The standard InChI is InChI=1S/C14H15FN2O2/c1-14-8-2-3-11(14)16-13(19)17(12(14)18)10-6-4-9(15)5-7-10/h4-7,11H,2-3,8H2,1H3,(H,16,19). The molecule has 1 aromatic carbocycles. The SMILES string of the molecule is CC12CCCC1NC(=O)N(c1ccc(F)cc1)C2=O. The Morgan fingerprint density at radius 1 is 1.32 bits per heavy atom. The molecule has 1 aliphatic carbocycles. The van der Waals surface area contributed by atoms with Crippen LogP contribution in [0.5, 0.6) is 0 Å². The summed E-state index contributed by atoms with van der Waals surface area (Å²) >= 11 is 0. The van der Waals surface area contributed by atoms with Crippen molar-refractivity contribution in [3.8, 4) is 0 Å². The third kappa shape index (κ3) is 1.72. The van der Waals surface area contributed by atoms with Gasteiger partial charge in [0.05, 0.1) is 11.1 Å². The van der Waals surface area contributed by atoms with Crippen molar-refractivity contribution in [2.24, 2.45) is 5.41 Å². The molecule has 0 aromatic heterocycles. The molecule has 1 aromatic rings. The highest BCUT2D eigenvalue weighted by Gasteiger charge is 2.53. The van der Waals surface area contributed by atoms with Crippen molar-refractivity contribution < 1.29 is 14.0 Å². The minimum absolute atomic E-state index is 0.0794. The number of urea groups is 1.